The van der Waals surface area contributed by atoms with Crippen LogP contribution >= 0.6 is 11.3 Å². The van der Waals surface area contributed by atoms with Gasteiger partial charge in [0.15, 0.2) is 5.69 Å². The van der Waals surface area contributed by atoms with Gasteiger partial charge in [-0.25, -0.2) is 9.67 Å². The summed E-state index contributed by atoms with van der Waals surface area (Å²) < 4.78 is 1.83. The number of thiazole rings is 1. The van der Waals surface area contributed by atoms with Crippen LogP contribution < -0.4 is 10.6 Å². The third-order valence-electron chi connectivity index (χ3n) is 4.99. The van der Waals surface area contributed by atoms with Crippen LogP contribution in [-0.2, 0) is 6.42 Å². The van der Waals surface area contributed by atoms with Gasteiger partial charge in [-0.1, -0.05) is 29.5 Å². The number of hydrogen-bond donors (Lipinski definition) is 2. The number of carbonyl (C=O) groups excluding carboxylic acids is 1. The predicted molar refractivity (Wildman–Crippen MR) is 109 cm³/mol. The fraction of sp³-hybridized carbons (Fsp3) is 0.400. The Morgan fingerprint density at radius 1 is 1.29 bits per heavy atom. The molecule has 2 aromatic heterocycles. The molecule has 0 unspecified atom stereocenters. The Bertz CT molecular complexity index is 926. The molecular weight excluding hydrogens is 372 g/mol. The van der Waals surface area contributed by atoms with Crippen LogP contribution in [0.25, 0.3) is 11.3 Å². The molecule has 1 fully saturated rings. The minimum atomic E-state index is -0.172. The second-order valence-corrected chi connectivity index (χ2v) is 8.08. The summed E-state index contributed by atoms with van der Waals surface area (Å²) in [5, 5.41) is 17.6. The fourth-order valence-corrected chi connectivity index (χ4v) is 4.00. The molecule has 3 aromatic rings. The molecule has 3 heterocycles. The molecule has 0 spiro atoms. The van der Waals surface area contributed by atoms with E-state index < -0.39 is 0 Å². The Hall–Kier alpha value is -2.58. The van der Waals surface area contributed by atoms with E-state index in [-0.39, 0.29) is 5.91 Å². The number of hydrogen-bond acceptors (Lipinski definition) is 6. The number of aromatic nitrogens is 4. The lowest BCUT2D eigenvalue weighted by molar-refractivity contribution is 0.0949. The Labute approximate surface area is 168 Å². The molecule has 2 N–H and O–H groups in total. The first kappa shape index (κ1) is 18.8. The molecule has 1 amide bonds. The first-order chi connectivity index (χ1) is 13.7. The molecule has 0 aliphatic carbocycles. The van der Waals surface area contributed by atoms with E-state index in [0.717, 1.165) is 48.6 Å². The van der Waals surface area contributed by atoms with E-state index in [1.165, 1.54) is 5.56 Å². The van der Waals surface area contributed by atoms with Crippen LogP contribution in [0.1, 0.15) is 39.9 Å². The van der Waals surface area contributed by atoms with Crippen LogP contribution in [0, 0.1) is 6.92 Å². The van der Waals surface area contributed by atoms with Gasteiger partial charge in [-0.2, -0.15) is 0 Å². The second kappa shape index (κ2) is 8.62. The van der Waals surface area contributed by atoms with Crippen LogP contribution in [0.15, 0.2) is 35.8 Å². The zero-order chi connectivity index (χ0) is 19.3. The largest absolute Gasteiger partial charge is 0.350 e. The quantitative estimate of drug-likeness (QED) is 0.669. The number of benzene rings is 1. The molecule has 1 aliphatic rings. The van der Waals surface area contributed by atoms with Crippen molar-refractivity contribution in [3.8, 4) is 11.3 Å². The average molecular weight is 397 g/mol. The molecule has 0 atom stereocenters. The maximum atomic E-state index is 12.3. The fourth-order valence-electron chi connectivity index (χ4n) is 3.38. The topological polar surface area (TPSA) is 84.7 Å². The summed E-state index contributed by atoms with van der Waals surface area (Å²) in [5.41, 5.74) is 3.69. The third kappa shape index (κ3) is 4.45. The molecule has 4 rings (SSSR count). The van der Waals surface area contributed by atoms with Crippen molar-refractivity contribution in [1.29, 1.82) is 0 Å². The highest BCUT2D eigenvalue weighted by Crippen LogP contribution is 2.22. The highest BCUT2D eigenvalue weighted by molar-refractivity contribution is 7.09. The Morgan fingerprint density at radius 2 is 2.07 bits per heavy atom. The van der Waals surface area contributed by atoms with E-state index in [2.05, 4.69) is 55.6 Å². The van der Waals surface area contributed by atoms with Gasteiger partial charge in [-0.15, -0.1) is 16.4 Å². The number of carbonyl (C=O) groups is 1. The lowest BCUT2D eigenvalue weighted by atomic mass is 10.1. The predicted octanol–water partition coefficient (Wildman–Crippen LogP) is 2.61. The van der Waals surface area contributed by atoms with Gasteiger partial charge in [0.05, 0.1) is 22.9 Å². The number of piperidine rings is 1. The SMILES string of the molecule is Cc1nc(-c2ccc(CCNC(=O)c3cn(C4CCNCC4)nn3)cc2)cs1. The van der Waals surface area contributed by atoms with E-state index in [0.29, 0.717) is 18.3 Å². The van der Waals surface area contributed by atoms with Crippen LogP contribution in [0.3, 0.4) is 0 Å². The van der Waals surface area contributed by atoms with Gasteiger partial charge in [-0.3, -0.25) is 4.79 Å². The summed E-state index contributed by atoms with van der Waals surface area (Å²) in [7, 11) is 0. The van der Waals surface area contributed by atoms with Gasteiger partial charge in [0.1, 0.15) is 0 Å². The van der Waals surface area contributed by atoms with Gasteiger partial charge in [0.25, 0.3) is 5.91 Å². The summed E-state index contributed by atoms with van der Waals surface area (Å²) in [6.45, 7) is 4.53. The van der Waals surface area contributed by atoms with E-state index in [9.17, 15) is 4.79 Å². The van der Waals surface area contributed by atoms with Crippen LogP contribution in [0.5, 0.6) is 0 Å². The average Bonchev–Trinajstić information content (AvgIpc) is 3.39. The molecule has 1 aliphatic heterocycles. The maximum Gasteiger partial charge on any atom is 0.273 e. The van der Waals surface area contributed by atoms with Crippen molar-refractivity contribution in [1.82, 2.24) is 30.6 Å². The zero-order valence-electron chi connectivity index (χ0n) is 15.9. The Balaban J connectivity index is 1.28. The van der Waals surface area contributed by atoms with Crippen LogP contribution in [-0.4, -0.2) is 45.5 Å². The summed E-state index contributed by atoms with van der Waals surface area (Å²) in [5.74, 6) is -0.172. The Kier molecular flexibility index (Phi) is 5.78. The number of aryl methyl sites for hydroxylation is 1. The molecule has 0 bridgehead atoms. The van der Waals surface area contributed by atoms with Gasteiger partial charge in [0, 0.05) is 17.5 Å². The standard InChI is InChI=1S/C20H24N6OS/c1-14-23-19(13-28-14)16-4-2-15(3-5-16)6-11-22-20(27)18-12-26(25-24-18)17-7-9-21-10-8-17/h2-5,12-13,17,21H,6-11H2,1H3,(H,22,27). The van der Waals surface area contributed by atoms with E-state index >= 15 is 0 Å². The van der Waals surface area contributed by atoms with Crippen LogP contribution in [0.2, 0.25) is 0 Å². The first-order valence-electron chi connectivity index (χ1n) is 9.61. The van der Waals surface area contributed by atoms with Crippen molar-refractivity contribution in [2.75, 3.05) is 19.6 Å². The molecule has 28 heavy (non-hydrogen) atoms. The van der Waals surface area contributed by atoms with Gasteiger partial charge in [0.2, 0.25) is 0 Å². The summed E-state index contributed by atoms with van der Waals surface area (Å²) in [6, 6.07) is 8.66. The van der Waals surface area contributed by atoms with Gasteiger partial charge < -0.3 is 10.6 Å². The highest BCUT2D eigenvalue weighted by Gasteiger charge is 2.18. The van der Waals surface area contributed by atoms with Crippen molar-refractivity contribution in [3.05, 3.63) is 52.1 Å². The molecule has 0 saturated carbocycles. The van der Waals surface area contributed by atoms with E-state index in [1.54, 1.807) is 17.5 Å². The van der Waals surface area contributed by atoms with Crippen LogP contribution in [0.4, 0.5) is 0 Å². The highest BCUT2D eigenvalue weighted by atomic mass is 32.1. The lowest BCUT2D eigenvalue weighted by Gasteiger charge is -2.22. The normalized spacial score (nSPS) is 14.9. The smallest absolute Gasteiger partial charge is 0.273 e. The molecule has 7 nitrogen and oxygen atoms in total. The first-order valence-corrected chi connectivity index (χ1v) is 10.5. The van der Waals surface area contributed by atoms with Crippen molar-refractivity contribution in [3.63, 3.8) is 0 Å². The summed E-state index contributed by atoms with van der Waals surface area (Å²) in [4.78, 5) is 16.8. The summed E-state index contributed by atoms with van der Waals surface area (Å²) in [6.07, 6.45) is 4.56. The molecule has 146 valence electrons. The number of nitrogens with one attached hydrogen (secondary N) is 2. The molecule has 8 heteroatoms. The maximum absolute atomic E-state index is 12.3. The number of rotatable bonds is 6. The van der Waals surface area contributed by atoms with Crippen molar-refractivity contribution >= 4 is 17.2 Å². The van der Waals surface area contributed by atoms with Crippen molar-refractivity contribution < 1.29 is 4.79 Å². The van der Waals surface area contributed by atoms with E-state index in [4.69, 9.17) is 0 Å². The molecule has 0 radical (unpaired) electrons. The third-order valence-corrected chi connectivity index (χ3v) is 5.77. The molecular formula is C20H24N6OS. The Morgan fingerprint density at radius 3 is 2.79 bits per heavy atom. The molecule has 1 saturated heterocycles. The second-order valence-electron chi connectivity index (χ2n) is 7.02. The monoisotopic (exact) mass is 396 g/mol. The van der Waals surface area contributed by atoms with Gasteiger partial charge >= 0.3 is 0 Å². The van der Waals surface area contributed by atoms with Gasteiger partial charge in [-0.05, 0) is 44.8 Å². The molecule has 1 aromatic carbocycles. The minimum absolute atomic E-state index is 0.172. The lowest BCUT2D eigenvalue weighted by Crippen LogP contribution is -2.29. The van der Waals surface area contributed by atoms with Crippen molar-refractivity contribution in [2.45, 2.75) is 32.2 Å². The van der Waals surface area contributed by atoms with Crippen molar-refractivity contribution in [2.24, 2.45) is 0 Å². The number of amides is 1. The number of nitrogens with zero attached hydrogens (tertiary/aromatic N) is 4. The minimum Gasteiger partial charge on any atom is -0.350 e. The van der Waals surface area contributed by atoms with E-state index in [1.807, 2.05) is 11.6 Å². The zero-order valence-corrected chi connectivity index (χ0v) is 16.7. The summed E-state index contributed by atoms with van der Waals surface area (Å²) >= 11 is 1.65.